The average molecular weight is 546 g/mol. The molecule has 0 spiro atoms. The molecule has 40 heavy (non-hydrogen) atoms. The number of thiocarbonyl (C=S) groups is 1. The van der Waals surface area contributed by atoms with E-state index in [0.29, 0.717) is 5.11 Å². The Morgan fingerprint density at radius 1 is 0.850 bits per heavy atom. The topological polar surface area (TPSA) is 55.2 Å². The number of anilines is 1. The lowest BCUT2D eigenvalue weighted by atomic mass is 9.96. The molecule has 4 heterocycles. The number of hydrogen-bond donors (Lipinski definition) is 1. The number of nitrogens with one attached hydrogen (secondary N) is 1. The van der Waals surface area contributed by atoms with E-state index in [0.717, 1.165) is 29.4 Å². The third kappa shape index (κ3) is 5.08. The highest BCUT2D eigenvalue weighted by molar-refractivity contribution is 7.80. The van der Waals surface area contributed by atoms with Crippen LogP contribution in [0.3, 0.4) is 0 Å². The molecule has 0 radical (unpaired) electrons. The monoisotopic (exact) mass is 545 g/mol. The molecule has 1 fully saturated rings. The molecule has 0 bridgehead atoms. The van der Waals surface area contributed by atoms with Gasteiger partial charge in [0.05, 0.1) is 17.8 Å². The average Bonchev–Trinajstić information content (AvgIpc) is 3.46. The van der Waals surface area contributed by atoms with Crippen LogP contribution in [0, 0.1) is 20.8 Å². The van der Waals surface area contributed by atoms with Crippen LogP contribution in [0.1, 0.15) is 45.9 Å². The Kier molecular flexibility index (Phi) is 7.05. The number of rotatable bonds is 7. The molecule has 200 valence electrons. The second kappa shape index (κ2) is 10.9. The van der Waals surface area contributed by atoms with Crippen LogP contribution < -0.4 is 15.0 Å². The Hall–Kier alpha value is -4.49. The summed E-state index contributed by atoms with van der Waals surface area (Å²) < 4.78 is 8.45. The Morgan fingerprint density at radius 2 is 1.55 bits per heavy atom. The first-order valence-corrected chi connectivity index (χ1v) is 13.8. The van der Waals surface area contributed by atoms with Crippen LogP contribution in [0.25, 0.3) is 0 Å². The predicted octanol–water partition coefficient (Wildman–Crippen LogP) is 7.22. The summed E-state index contributed by atoms with van der Waals surface area (Å²) in [7, 11) is 0. The zero-order chi connectivity index (χ0) is 27.6. The number of benzene rings is 2. The lowest BCUT2D eigenvalue weighted by Crippen LogP contribution is -2.29. The maximum Gasteiger partial charge on any atom is 0.174 e. The van der Waals surface area contributed by atoms with E-state index in [1.807, 2.05) is 67.1 Å². The molecule has 6 nitrogen and oxygen atoms in total. The van der Waals surface area contributed by atoms with E-state index in [1.54, 1.807) is 0 Å². The van der Waals surface area contributed by atoms with Crippen LogP contribution in [-0.4, -0.2) is 19.6 Å². The minimum atomic E-state index is -0.105. The molecule has 3 aromatic heterocycles. The molecule has 1 aliphatic heterocycles. The van der Waals surface area contributed by atoms with Crippen LogP contribution in [0.15, 0.2) is 104 Å². The molecule has 2 atom stereocenters. The fraction of sp³-hybridized carbons (Fsp3) is 0.182. The highest BCUT2D eigenvalue weighted by Gasteiger charge is 2.42. The normalized spacial score (nSPS) is 16.7. The number of hydrogen-bond acceptors (Lipinski definition) is 4. The smallest absolute Gasteiger partial charge is 0.174 e. The van der Waals surface area contributed by atoms with Crippen LogP contribution in [0.4, 0.5) is 5.69 Å². The summed E-state index contributed by atoms with van der Waals surface area (Å²) in [6.45, 7) is 7.20. The van der Waals surface area contributed by atoms with Crippen molar-refractivity contribution in [3.05, 3.63) is 137 Å². The van der Waals surface area contributed by atoms with Crippen molar-refractivity contribution >= 4 is 23.0 Å². The van der Waals surface area contributed by atoms with Crippen molar-refractivity contribution in [2.24, 2.45) is 0 Å². The van der Waals surface area contributed by atoms with Crippen molar-refractivity contribution in [1.82, 2.24) is 19.9 Å². The van der Waals surface area contributed by atoms with E-state index in [-0.39, 0.29) is 12.1 Å². The summed E-state index contributed by atoms with van der Waals surface area (Å²) in [5.41, 5.74) is 7.98. The molecule has 1 aliphatic rings. The van der Waals surface area contributed by atoms with Gasteiger partial charge in [-0.25, -0.2) is 0 Å². The maximum absolute atomic E-state index is 6.09. The molecule has 2 aromatic carbocycles. The van der Waals surface area contributed by atoms with E-state index in [1.165, 1.54) is 28.1 Å². The third-order valence-electron chi connectivity index (χ3n) is 7.49. The predicted molar refractivity (Wildman–Crippen MR) is 163 cm³/mol. The number of nitrogens with zero attached hydrogens (tertiary/aromatic N) is 4. The minimum absolute atomic E-state index is 0.0799. The lowest BCUT2D eigenvalue weighted by Gasteiger charge is -2.28. The van der Waals surface area contributed by atoms with Crippen molar-refractivity contribution in [2.45, 2.75) is 39.4 Å². The van der Waals surface area contributed by atoms with Crippen molar-refractivity contribution in [3.8, 4) is 11.5 Å². The molecule has 0 saturated carbocycles. The van der Waals surface area contributed by atoms with E-state index in [9.17, 15) is 0 Å². The fourth-order valence-electron chi connectivity index (χ4n) is 5.41. The number of ether oxygens (including phenoxy) is 1. The van der Waals surface area contributed by atoms with Gasteiger partial charge in [0.1, 0.15) is 11.5 Å². The van der Waals surface area contributed by atoms with Gasteiger partial charge in [-0.05, 0) is 111 Å². The van der Waals surface area contributed by atoms with E-state index >= 15 is 0 Å². The highest BCUT2D eigenvalue weighted by atomic mass is 32.1. The zero-order valence-electron chi connectivity index (χ0n) is 22.8. The first kappa shape index (κ1) is 25.8. The Morgan fingerprint density at radius 3 is 2.23 bits per heavy atom. The molecule has 0 unspecified atom stereocenters. The van der Waals surface area contributed by atoms with Gasteiger partial charge in [-0.15, -0.1) is 0 Å². The van der Waals surface area contributed by atoms with Crippen molar-refractivity contribution in [2.75, 3.05) is 4.90 Å². The van der Waals surface area contributed by atoms with Gasteiger partial charge >= 0.3 is 0 Å². The van der Waals surface area contributed by atoms with Crippen molar-refractivity contribution in [1.29, 1.82) is 0 Å². The molecule has 0 amide bonds. The van der Waals surface area contributed by atoms with Crippen LogP contribution in [-0.2, 0) is 6.54 Å². The van der Waals surface area contributed by atoms with Crippen LogP contribution in [0.5, 0.6) is 11.5 Å². The van der Waals surface area contributed by atoms with Gasteiger partial charge in [0.25, 0.3) is 0 Å². The second-order valence-electron chi connectivity index (χ2n) is 10.2. The zero-order valence-corrected chi connectivity index (χ0v) is 23.6. The second-order valence-corrected chi connectivity index (χ2v) is 10.6. The van der Waals surface area contributed by atoms with Gasteiger partial charge in [-0.2, -0.15) is 0 Å². The van der Waals surface area contributed by atoms with Gasteiger partial charge < -0.3 is 19.5 Å². The SMILES string of the molecule is Cc1ccc(Oc2ccc(N3C(=S)N[C@H](c4ccccn4)[C@H]3c3cc(C)n(Cc4ccncc4)c3C)cc2)cc1. The Balaban J connectivity index is 1.37. The third-order valence-corrected chi connectivity index (χ3v) is 7.81. The Bertz CT molecular complexity index is 1620. The first-order valence-electron chi connectivity index (χ1n) is 13.4. The van der Waals surface area contributed by atoms with Gasteiger partial charge in [-0.3, -0.25) is 9.97 Å². The van der Waals surface area contributed by atoms with Gasteiger partial charge in [0.2, 0.25) is 0 Å². The molecule has 1 N–H and O–H groups in total. The van der Waals surface area contributed by atoms with E-state index in [4.69, 9.17) is 21.9 Å². The summed E-state index contributed by atoms with van der Waals surface area (Å²) in [5, 5.41) is 4.25. The Labute approximate surface area is 240 Å². The fourth-order valence-corrected chi connectivity index (χ4v) is 5.75. The molecule has 0 aliphatic carbocycles. The van der Waals surface area contributed by atoms with Crippen molar-refractivity contribution in [3.63, 3.8) is 0 Å². The standard InChI is InChI=1S/C33H31N5OS/c1-22-7-11-27(12-8-22)39-28-13-9-26(10-14-28)38-32(31(36-33(38)40)30-6-4-5-17-35-30)29-20-23(2)37(24(29)3)21-25-15-18-34-19-16-25/h4-20,31-32H,21H2,1-3H3,(H,36,40)/t31-,32-/m1/s1. The molecule has 5 aromatic rings. The van der Waals surface area contributed by atoms with Gasteiger partial charge in [-0.1, -0.05) is 23.8 Å². The molecule has 1 saturated heterocycles. The molecule has 6 rings (SSSR count). The highest BCUT2D eigenvalue weighted by Crippen LogP contribution is 2.43. The number of pyridine rings is 2. The number of aryl methyl sites for hydroxylation is 2. The summed E-state index contributed by atoms with van der Waals surface area (Å²) in [5.74, 6) is 1.59. The summed E-state index contributed by atoms with van der Waals surface area (Å²) in [6, 6.07) is 28.5. The summed E-state index contributed by atoms with van der Waals surface area (Å²) in [4.78, 5) is 11.1. The lowest BCUT2D eigenvalue weighted by molar-refractivity contribution is 0.482. The largest absolute Gasteiger partial charge is 0.457 e. The minimum Gasteiger partial charge on any atom is -0.457 e. The number of aromatic nitrogens is 3. The molecular formula is C33H31N5OS. The van der Waals surface area contributed by atoms with Gasteiger partial charge in [0, 0.05) is 42.2 Å². The van der Waals surface area contributed by atoms with Crippen molar-refractivity contribution < 1.29 is 4.74 Å². The van der Waals surface area contributed by atoms with Gasteiger partial charge in [0.15, 0.2) is 5.11 Å². The summed E-state index contributed by atoms with van der Waals surface area (Å²) in [6.07, 6.45) is 5.52. The van der Waals surface area contributed by atoms with E-state index < -0.39 is 0 Å². The quantitative estimate of drug-likeness (QED) is 0.218. The van der Waals surface area contributed by atoms with E-state index in [2.05, 4.69) is 76.9 Å². The summed E-state index contributed by atoms with van der Waals surface area (Å²) >= 11 is 5.96. The molecular weight excluding hydrogens is 514 g/mol. The van der Waals surface area contributed by atoms with Crippen LogP contribution >= 0.6 is 12.2 Å². The van der Waals surface area contributed by atoms with Crippen LogP contribution in [0.2, 0.25) is 0 Å². The first-order chi connectivity index (χ1) is 19.5. The maximum atomic E-state index is 6.09. The molecule has 7 heteroatoms.